The maximum atomic E-state index is 12.6. The van der Waals surface area contributed by atoms with E-state index < -0.39 is 10.2 Å². The molecule has 1 atom stereocenters. The Balaban J connectivity index is 1.51. The molecular formula is C19H16N6O3S. The van der Waals surface area contributed by atoms with Crippen LogP contribution in [0, 0.1) is 10.1 Å². The summed E-state index contributed by atoms with van der Waals surface area (Å²) in [5.41, 5.74) is 2.69. The van der Waals surface area contributed by atoms with Gasteiger partial charge in [-0.3, -0.25) is 14.9 Å². The molecule has 2 aromatic carbocycles. The monoisotopic (exact) mass is 408 g/mol. The number of aromatic nitrogens is 4. The number of carbonyl (C=O) groups excluding carboxylic acids is 1. The topological polar surface area (TPSA) is 127 Å². The van der Waals surface area contributed by atoms with E-state index in [1.807, 2.05) is 31.2 Å². The van der Waals surface area contributed by atoms with Gasteiger partial charge in [-0.1, -0.05) is 36.9 Å². The average Bonchev–Trinajstić information content (AvgIpc) is 3.10. The molecule has 0 aliphatic carbocycles. The maximum absolute atomic E-state index is 12.6. The van der Waals surface area contributed by atoms with Gasteiger partial charge >= 0.3 is 0 Å². The SMILES string of the molecule is CCC(Sc1nnc2c(n1)[nH]c1ccccc12)C(=O)Nc1ccc([N+](=O)[O-])cc1. The molecule has 2 N–H and O–H groups in total. The molecule has 10 heteroatoms. The molecule has 0 saturated carbocycles. The molecule has 1 amide bonds. The van der Waals surface area contributed by atoms with Crippen molar-refractivity contribution in [3.05, 3.63) is 58.6 Å². The van der Waals surface area contributed by atoms with Crippen LogP contribution in [0.2, 0.25) is 0 Å². The smallest absolute Gasteiger partial charge is 0.269 e. The normalized spacial score (nSPS) is 12.2. The largest absolute Gasteiger partial charge is 0.338 e. The molecule has 0 bridgehead atoms. The molecule has 0 radical (unpaired) electrons. The van der Waals surface area contributed by atoms with Gasteiger partial charge in [0.25, 0.3) is 5.69 Å². The lowest BCUT2D eigenvalue weighted by Crippen LogP contribution is -2.24. The first kappa shape index (κ1) is 18.8. The van der Waals surface area contributed by atoms with Crippen molar-refractivity contribution in [3.63, 3.8) is 0 Å². The number of rotatable bonds is 6. The minimum absolute atomic E-state index is 0.0319. The number of nitro benzene ring substituents is 1. The number of hydrogen-bond acceptors (Lipinski definition) is 7. The van der Waals surface area contributed by atoms with Gasteiger partial charge in [0.1, 0.15) is 5.52 Å². The molecule has 4 rings (SSSR count). The van der Waals surface area contributed by atoms with E-state index in [-0.39, 0.29) is 11.6 Å². The molecule has 2 heterocycles. The van der Waals surface area contributed by atoms with Crippen molar-refractivity contribution in [1.82, 2.24) is 20.2 Å². The van der Waals surface area contributed by atoms with Gasteiger partial charge in [-0.25, -0.2) is 4.98 Å². The molecule has 2 aromatic heterocycles. The van der Waals surface area contributed by atoms with Crippen molar-refractivity contribution in [2.75, 3.05) is 5.32 Å². The highest BCUT2D eigenvalue weighted by molar-refractivity contribution is 8.00. The van der Waals surface area contributed by atoms with Gasteiger partial charge < -0.3 is 10.3 Å². The van der Waals surface area contributed by atoms with Crippen LogP contribution in [0.5, 0.6) is 0 Å². The molecule has 0 aliphatic rings. The fourth-order valence-electron chi connectivity index (χ4n) is 2.89. The van der Waals surface area contributed by atoms with Gasteiger partial charge in [0, 0.05) is 28.7 Å². The maximum Gasteiger partial charge on any atom is 0.269 e. The van der Waals surface area contributed by atoms with Crippen molar-refractivity contribution >= 4 is 51.1 Å². The second-order valence-electron chi connectivity index (χ2n) is 6.27. The number of carbonyl (C=O) groups is 1. The third-order valence-electron chi connectivity index (χ3n) is 4.36. The minimum atomic E-state index is -0.485. The number of nitro groups is 1. The van der Waals surface area contributed by atoms with E-state index in [0.717, 1.165) is 10.9 Å². The van der Waals surface area contributed by atoms with Crippen LogP contribution in [0.1, 0.15) is 13.3 Å². The number of nitrogens with zero attached hydrogens (tertiary/aromatic N) is 4. The minimum Gasteiger partial charge on any atom is -0.338 e. The van der Waals surface area contributed by atoms with E-state index in [0.29, 0.717) is 28.4 Å². The second kappa shape index (κ2) is 7.84. The number of hydrogen-bond donors (Lipinski definition) is 2. The Kier molecular flexibility index (Phi) is 5.09. The molecule has 0 fully saturated rings. The van der Waals surface area contributed by atoms with Crippen LogP contribution in [-0.4, -0.2) is 36.2 Å². The van der Waals surface area contributed by atoms with Crippen LogP contribution >= 0.6 is 11.8 Å². The molecule has 0 saturated heterocycles. The Morgan fingerprint density at radius 1 is 1.21 bits per heavy atom. The Labute approximate surface area is 169 Å². The number of anilines is 1. The third-order valence-corrected chi connectivity index (χ3v) is 5.57. The van der Waals surface area contributed by atoms with E-state index in [1.165, 1.54) is 36.0 Å². The zero-order chi connectivity index (χ0) is 20.4. The predicted molar refractivity (Wildman–Crippen MR) is 111 cm³/mol. The summed E-state index contributed by atoms with van der Waals surface area (Å²) in [6, 6.07) is 13.4. The highest BCUT2D eigenvalue weighted by Gasteiger charge is 2.21. The molecule has 29 heavy (non-hydrogen) atoms. The summed E-state index contributed by atoms with van der Waals surface area (Å²) >= 11 is 1.22. The number of amides is 1. The van der Waals surface area contributed by atoms with Gasteiger partial charge in [0.2, 0.25) is 11.1 Å². The number of non-ortho nitro benzene ring substituents is 1. The molecule has 4 aromatic rings. The summed E-state index contributed by atoms with van der Waals surface area (Å²) in [7, 11) is 0. The number of benzene rings is 2. The molecule has 9 nitrogen and oxygen atoms in total. The summed E-state index contributed by atoms with van der Waals surface area (Å²) in [4.78, 5) is 30.6. The quantitative estimate of drug-likeness (QED) is 0.281. The van der Waals surface area contributed by atoms with Crippen LogP contribution in [0.25, 0.3) is 22.1 Å². The summed E-state index contributed by atoms with van der Waals surface area (Å²) in [5.74, 6) is -0.230. The molecular weight excluding hydrogens is 392 g/mol. The van der Waals surface area contributed by atoms with Crippen LogP contribution in [0.15, 0.2) is 53.7 Å². The second-order valence-corrected chi connectivity index (χ2v) is 7.44. The van der Waals surface area contributed by atoms with Gasteiger partial charge in [-0.2, -0.15) is 0 Å². The summed E-state index contributed by atoms with van der Waals surface area (Å²) in [6.07, 6.45) is 0.553. The lowest BCUT2D eigenvalue weighted by atomic mass is 10.2. The first-order valence-corrected chi connectivity index (χ1v) is 9.76. The third kappa shape index (κ3) is 3.87. The van der Waals surface area contributed by atoms with Crippen molar-refractivity contribution in [2.24, 2.45) is 0 Å². The Bertz CT molecular complexity index is 1210. The summed E-state index contributed by atoms with van der Waals surface area (Å²) < 4.78 is 0. The number of para-hydroxylation sites is 1. The van der Waals surface area contributed by atoms with E-state index in [2.05, 4.69) is 25.5 Å². The van der Waals surface area contributed by atoms with Gasteiger partial charge in [-0.05, 0) is 24.6 Å². The molecule has 1 unspecified atom stereocenters. The average molecular weight is 408 g/mol. The fourth-order valence-corrected chi connectivity index (χ4v) is 3.71. The van der Waals surface area contributed by atoms with Crippen LogP contribution in [-0.2, 0) is 4.79 Å². The Morgan fingerprint density at radius 3 is 2.69 bits per heavy atom. The zero-order valence-corrected chi connectivity index (χ0v) is 16.1. The summed E-state index contributed by atoms with van der Waals surface area (Å²) in [5, 5.41) is 22.8. The highest BCUT2D eigenvalue weighted by atomic mass is 32.2. The van der Waals surface area contributed by atoms with Crippen molar-refractivity contribution in [3.8, 4) is 0 Å². The van der Waals surface area contributed by atoms with Crippen molar-refractivity contribution in [2.45, 2.75) is 23.8 Å². The molecule has 146 valence electrons. The Hall–Kier alpha value is -3.53. The van der Waals surface area contributed by atoms with Gasteiger partial charge in [-0.15, -0.1) is 10.2 Å². The first-order valence-electron chi connectivity index (χ1n) is 8.88. The van der Waals surface area contributed by atoms with Crippen molar-refractivity contribution in [1.29, 1.82) is 0 Å². The number of nitrogens with one attached hydrogen (secondary N) is 2. The number of aromatic amines is 1. The lowest BCUT2D eigenvalue weighted by molar-refractivity contribution is -0.384. The Morgan fingerprint density at radius 2 is 1.97 bits per heavy atom. The number of thioether (sulfide) groups is 1. The highest BCUT2D eigenvalue weighted by Crippen LogP contribution is 2.27. The van der Waals surface area contributed by atoms with E-state index in [1.54, 1.807) is 0 Å². The van der Waals surface area contributed by atoms with E-state index in [4.69, 9.17) is 0 Å². The fraction of sp³-hybridized carbons (Fsp3) is 0.158. The number of H-pyrrole nitrogens is 1. The summed E-state index contributed by atoms with van der Waals surface area (Å²) in [6.45, 7) is 1.89. The van der Waals surface area contributed by atoms with Crippen LogP contribution in [0.4, 0.5) is 11.4 Å². The molecule has 0 spiro atoms. The van der Waals surface area contributed by atoms with E-state index in [9.17, 15) is 14.9 Å². The van der Waals surface area contributed by atoms with Crippen LogP contribution < -0.4 is 5.32 Å². The zero-order valence-electron chi connectivity index (χ0n) is 15.3. The molecule has 0 aliphatic heterocycles. The van der Waals surface area contributed by atoms with Crippen molar-refractivity contribution < 1.29 is 9.72 Å². The predicted octanol–water partition coefficient (Wildman–Crippen LogP) is 3.92. The number of fused-ring (bicyclic) bond motifs is 3. The van der Waals surface area contributed by atoms with Gasteiger partial charge in [0.15, 0.2) is 5.65 Å². The van der Waals surface area contributed by atoms with E-state index >= 15 is 0 Å². The standard InChI is InChI=1S/C19H16N6O3S/c1-2-15(18(26)20-11-7-9-12(10-8-11)25(27)28)29-19-22-17-16(23-24-19)13-5-3-4-6-14(13)21-17/h3-10,15H,2H2,1H3,(H,20,26)(H,21,22,24). The first-order chi connectivity index (χ1) is 14.0. The van der Waals surface area contributed by atoms with Crippen LogP contribution in [0.3, 0.4) is 0 Å². The lowest BCUT2D eigenvalue weighted by Gasteiger charge is -2.13. The van der Waals surface area contributed by atoms with Gasteiger partial charge in [0.05, 0.1) is 10.2 Å².